The molecule has 0 fully saturated rings. The molecule has 0 aliphatic rings. The topological polar surface area (TPSA) is 60.2 Å². The normalized spacial score (nSPS) is 11.6. The van der Waals surface area contributed by atoms with E-state index in [1.807, 2.05) is 30.3 Å². The van der Waals surface area contributed by atoms with Gasteiger partial charge in [0.05, 0.1) is 11.5 Å². The van der Waals surface area contributed by atoms with Gasteiger partial charge in [-0.05, 0) is 37.8 Å². The number of rotatable bonds is 8. The molecule has 3 nitrogen and oxygen atoms in total. The molecule has 0 aliphatic carbocycles. The maximum absolute atomic E-state index is 11.7. The Hall–Kier alpha value is -0.870. The van der Waals surface area contributed by atoms with E-state index in [2.05, 4.69) is 0 Å². The molecular formula is C13H21NO2S. The van der Waals surface area contributed by atoms with Crippen molar-refractivity contribution in [3.8, 4) is 0 Å². The van der Waals surface area contributed by atoms with E-state index in [9.17, 15) is 8.42 Å². The molecule has 0 radical (unpaired) electrons. The lowest BCUT2D eigenvalue weighted by molar-refractivity contribution is 0.589. The molecule has 1 aromatic carbocycles. The van der Waals surface area contributed by atoms with Crippen LogP contribution in [0.25, 0.3) is 0 Å². The van der Waals surface area contributed by atoms with E-state index in [0.717, 1.165) is 12.8 Å². The van der Waals surface area contributed by atoms with Crippen LogP contribution in [0.2, 0.25) is 0 Å². The van der Waals surface area contributed by atoms with Gasteiger partial charge in [-0.15, -0.1) is 0 Å². The summed E-state index contributed by atoms with van der Waals surface area (Å²) in [5, 5.41) is 0. The van der Waals surface area contributed by atoms with Crippen molar-refractivity contribution in [3.63, 3.8) is 0 Å². The Kier molecular flexibility index (Phi) is 6.22. The van der Waals surface area contributed by atoms with Crippen LogP contribution < -0.4 is 5.73 Å². The summed E-state index contributed by atoms with van der Waals surface area (Å²) in [4.78, 5) is 0. The van der Waals surface area contributed by atoms with Crippen LogP contribution in [0.1, 0.15) is 24.8 Å². The van der Waals surface area contributed by atoms with Gasteiger partial charge in [0.25, 0.3) is 0 Å². The standard InChI is InChI=1S/C13H21NO2S/c14-10-4-5-11-17(15,16)12-6-9-13-7-2-1-3-8-13/h1-3,7-8H,4-6,9-12,14H2. The molecule has 96 valence electrons. The summed E-state index contributed by atoms with van der Waals surface area (Å²) < 4.78 is 23.3. The number of hydrogen-bond donors (Lipinski definition) is 1. The van der Waals surface area contributed by atoms with Gasteiger partial charge in [0.2, 0.25) is 0 Å². The van der Waals surface area contributed by atoms with Crippen molar-refractivity contribution in [3.05, 3.63) is 35.9 Å². The molecule has 0 unspecified atom stereocenters. The molecule has 4 heteroatoms. The zero-order valence-corrected chi connectivity index (χ0v) is 11.0. The van der Waals surface area contributed by atoms with E-state index >= 15 is 0 Å². The maximum atomic E-state index is 11.7. The SMILES string of the molecule is NCCCCS(=O)(=O)CCCc1ccccc1. The quantitative estimate of drug-likeness (QED) is 0.720. The van der Waals surface area contributed by atoms with Gasteiger partial charge in [-0.2, -0.15) is 0 Å². The smallest absolute Gasteiger partial charge is 0.150 e. The Labute approximate surface area is 104 Å². The molecule has 17 heavy (non-hydrogen) atoms. The zero-order chi connectivity index (χ0) is 12.6. The number of aryl methyl sites for hydroxylation is 1. The van der Waals surface area contributed by atoms with Crippen molar-refractivity contribution in [2.24, 2.45) is 5.73 Å². The highest BCUT2D eigenvalue weighted by atomic mass is 32.2. The van der Waals surface area contributed by atoms with Crippen molar-refractivity contribution in [2.45, 2.75) is 25.7 Å². The first-order chi connectivity index (χ1) is 8.14. The van der Waals surface area contributed by atoms with Crippen LogP contribution in [0, 0.1) is 0 Å². The summed E-state index contributed by atoms with van der Waals surface area (Å²) in [5.74, 6) is 0.561. The Morgan fingerprint density at radius 3 is 2.24 bits per heavy atom. The summed E-state index contributed by atoms with van der Waals surface area (Å²) in [6.07, 6.45) is 3.01. The predicted molar refractivity (Wildman–Crippen MR) is 71.7 cm³/mol. The number of unbranched alkanes of at least 4 members (excludes halogenated alkanes) is 1. The first-order valence-corrected chi connectivity index (χ1v) is 7.90. The highest BCUT2D eigenvalue weighted by molar-refractivity contribution is 7.91. The Bertz CT molecular complexity index is 401. The van der Waals surface area contributed by atoms with Crippen LogP contribution in [0.15, 0.2) is 30.3 Å². The minimum Gasteiger partial charge on any atom is -0.330 e. The lowest BCUT2D eigenvalue weighted by atomic mass is 10.1. The molecule has 0 saturated carbocycles. The third-order valence-corrected chi connectivity index (χ3v) is 4.49. The first kappa shape index (κ1) is 14.2. The molecule has 1 aromatic rings. The minimum absolute atomic E-state index is 0.277. The molecule has 0 aliphatic heterocycles. The monoisotopic (exact) mass is 255 g/mol. The van der Waals surface area contributed by atoms with Crippen molar-refractivity contribution in [1.29, 1.82) is 0 Å². The van der Waals surface area contributed by atoms with Gasteiger partial charge in [0.1, 0.15) is 9.84 Å². The minimum atomic E-state index is -2.88. The van der Waals surface area contributed by atoms with E-state index in [-0.39, 0.29) is 11.5 Å². The molecule has 2 N–H and O–H groups in total. The zero-order valence-electron chi connectivity index (χ0n) is 10.1. The lowest BCUT2D eigenvalue weighted by Gasteiger charge is -2.04. The van der Waals surface area contributed by atoms with Gasteiger partial charge in [0.15, 0.2) is 0 Å². The van der Waals surface area contributed by atoms with E-state index in [0.29, 0.717) is 19.4 Å². The maximum Gasteiger partial charge on any atom is 0.150 e. The first-order valence-electron chi connectivity index (χ1n) is 6.08. The molecule has 0 atom stereocenters. The lowest BCUT2D eigenvalue weighted by Crippen LogP contribution is -2.13. The van der Waals surface area contributed by atoms with Crippen LogP contribution in [0.4, 0.5) is 0 Å². The number of hydrogen-bond acceptors (Lipinski definition) is 3. The molecular weight excluding hydrogens is 234 g/mol. The predicted octanol–water partition coefficient (Wildman–Crippen LogP) is 1.77. The third kappa shape index (κ3) is 6.44. The van der Waals surface area contributed by atoms with Crippen molar-refractivity contribution >= 4 is 9.84 Å². The number of benzene rings is 1. The molecule has 0 spiro atoms. The van der Waals surface area contributed by atoms with Crippen LogP contribution in [0.3, 0.4) is 0 Å². The van der Waals surface area contributed by atoms with Gasteiger partial charge in [-0.25, -0.2) is 8.42 Å². The summed E-state index contributed by atoms with van der Waals surface area (Å²) in [7, 11) is -2.88. The van der Waals surface area contributed by atoms with Gasteiger partial charge < -0.3 is 5.73 Å². The van der Waals surface area contributed by atoms with Crippen LogP contribution in [-0.4, -0.2) is 26.5 Å². The fourth-order valence-corrected chi connectivity index (χ4v) is 3.14. The fourth-order valence-electron chi connectivity index (χ4n) is 1.71. The van der Waals surface area contributed by atoms with Crippen LogP contribution >= 0.6 is 0 Å². The fraction of sp³-hybridized carbons (Fsp3) is 0.538. The number of sulfone groups is 1. The second-order valence-corrected chi connectivity index (χ2v) is 6.54. The Balaban J connectivity index is 2.26. The van der Waals surface area contributed by atoms with Crippen molar-refractivity contribution in [2.75, 3.05) is 18.1 Å². The van der Waals surface area contributed by atoms with Gasteiger partial charge in [-0.1, -0.05) is 30.3 Å². The van der Waals surface area contributed by atoms with Gasteiger partial charge in [0, 0.05) is 0 Å². The molecule has 0 heterocycles. The molecule has 1 rings (SSSR count). The molecule has 0 amide bonds. The van der Waals surface area contributed by atoms with Crippen molar-refractivity contribution < 1.29 is 8.42 Å². The van der Waals surface area contributed by atoms with Gasteiger partial charge in [-0.3, -0.25) is 0 Å². The number of nitrogens with two attached hydrogens (primary N) is 1. The molecule has 0 saturated heterocycles. The summed E-state index contributed by atoms with van der Waals surface area (Å²) in [6.45, 7) is 0.569. The van der Waals surface area contributed by atoms with E-state index < -0.39 is 9.84 Å². The average Bonchev–Trinajstić information content (AvgIpc) is 2.30. The molecule has 0 bridgehead atoms. The third-order valence-electron chi connectivity index (χ3n) is 2.67. The van der Waals surface area contributed by atoms with Gasteiger partial charge >= 0.3 is 0 Å². The summed E-state index contributed by atoms with van der Waals surface area (Å²) in [6, 6.07) is 9.98. The van der Waals surface area contributed by atoms with E-state index in [1.54, 1.807) is 0 Å². The summed E-state index contributed by atoms with van der Waals surface area (Å²) in [5.41, 5.74) is 6.54. The highest BCUT2D eigenvalue weighted by Crippen LogP contribution is 2.05. The van der Waals surface area contributed by atoms with Crippen LogP contribution in [-0.2, 0) is 16.3 Å². The highest BCUT2D eigenvalue weighted by Gasteiger charge is 2.09. The average molecular weight is 255 g/mol. The van der Waals surface area contributed by atoms with Crippen molar-refractivity contribution in [1.82, 2.24) is 0 Å². The van der Waals surface area contributed by atoms with E-state index in [4.69, 9.17) is 5.73 Å². The second kappa shape index (κ2) is 7.45. The largest absolute Gasteiger partial charge is 0.330 e. The van der Waals surface area contributed by atoms with Crippen LogP contribution in [0.5, 0.6) is 0 Å². The second-order valence-electron chi connectivity index (χ2n) is 4.24. The van der Waals surface area contributed by atoms with E-state index in [1.165, 1.54) is 5.56 Å². The molecule has 0 aromatic heterocycles. The Morgan fingerprint density at radius 1 is 0.941 bits per heavy atom. The Morgan fingerprint density at radius 2 is 1.59 bits per heavy atom. The summed E-state index contributed by atoms with van der Waals surface area (Å²) >= 11 is 0.